The number of aldehydes is 1. The Balaban J connectivity index is 0.000000156. The summed E-state index contributed by atoms with van der Waals surface area (Å²) in [7, 11) is 0. The van der Waals surface area contributed by atoms with Gasteiger partial charge in [-0.2, -0.15) is 0 Å². The van der Waals surface area contributed by atoms with Crippen molar-refractivity contribution in [3.05, 3.63) is 69.8 Å². The summed E-state index contributed by atoms with van der Waals surface area (Å²) in [5.74, 6) is 0.428. The van der Waals surface area contributed by atoms with Crippen molar-refractivity contribution in [2.45, 2.75) is 38.5 Å². The van der Waals surface area contributed by atoms with Gasteiger partial charge in [0, 0.05) is 29.5 Å². The normalized spacial score (nSPS) is 15.6. The maximum Gasteiger partial charge on any atom is 0.163 e. The molecule has 0 atom stereocenters. The molecule has 27 heavy (non-hydrogen) atoms. The molecule has 2 aliphatic carbocycles. The van der Waals surface area contributed by atoms with E-state index in [-0.39, 0.29) is 11.6 Å². The fraction of sp³-hybridized carbons (Fsp3) is 0.273. The monoisotopic (exact) mass is 363 g/mol. The van der Waals surface area contributed by atoms with E-state index in [1.165, 1.54) is 6.21 Å². The summed E-state index contributed by atoms with van der Waals surface area (Å²) >= 11 is 0. The lowest BCUT2D eigenvalue weighted by atomic mass is 9.89. The molecule has 0 saturated heterocycles. The number of hydrogen-bond acceptors (Lipinski definition) is 5. The van der Waals surface area contributed by atoms with Gasteiger partial charge in [-0.25, -0.2) is 0 Å². The minimum absolute atomic E-state index is 0.207. The second kappa shape index (κ2) is 8.54. The molecular weight excluding hydrogens is 342 g/mol. The summed E-state index contributed by atoms with van der Waals surface area (Å²) in [5, 5.41) is 11.3. The van der Waals surface area contributed by atoms with Crippen molar-refractivity contribution < 1.29 is 19.6 Å². The predicted octanol–water partition coefficient (Wildman–Crippen LogP) is 4.03. The van der Waals surface area contributed by atoms with E-state index in [9.17, 15) is 14.4 Å². The number of nitrogens with zero attached hydrogens (tertiary/aromatic N) is 1. The third kappa shape index (κ3) is 4.37. The Kier molecular flexibility index (Phi) is 5.91. The van der Waals surface area contributed by atoms with Gasteiger partial charge in [-0.05, 0) is 54.5 Å². The van der Waals surface area contributed by atoms with Gasteiger partial charge in [0.2, 0.25) is 0 Å². The number of Topliss-reactive ketones (excluding diaryl/α,β-unsaturated/α-hetero) is 2. The van der Waals surface area contributed by atoms with Gasteiger partial charge in [0.15, 0.2) is 11.6 Å². The maximum atomic E-state index is 11.5. The van der Waals surface area contributed by atoms with E-state index in [1.807, 2.05) is 18.2 Å². The number of fused-ring (bicyclic) bond motifs is 2. The van der Waals surface area contributed by atoms with Crippen LogP contribution in [0.15, 0.2) is 41.6 Å². The Hall–Kier alpha value is -3.08. The number of hydrogen-bond donors (Lipinski definition) is 1. The van der Waals surface area contributed by atoms with Crippen molar-refractivity contribution in [2.24, 2.45) is 5.16 Å². The van der Waals surface area contributed by atoms with Crippen LogP contribution >= 0.6 is 0 Å². The van der Waals surface area contributed by atoms with Crippen molar-refractivity contribution in [1.82, 2.24) is 0 Å². The molecular formula is C22H21NO4. The second-order valence-corrected chi connectivity index (χ2v) is 6.75. The van der Waals surface area contributed by atoms with Gasteiger partial charge in [-0.1, -0.05) is 29.4 Å². The first kappa shape index (κ1) is 18.7. The third-order valence-corrected chi connectivity index (χ3v) is 4.90. The Morgan fingerprint density at radius 3 is 1.81 bits per heavy atom. The molecule has 0 radical (unpaired) electrons. The average Bonchev–Trinajstić information content (AvgIpc) is 2.69. The van der Waals surface area contributed by atoms with Gasteiger partial charge >= 0.3 is 0 Å². The van der Waals surface area contributed by atoms with Gasteiger partial charge in [-0.3, -0.25) is 14.4 Å². The number of carbonyl (C=O) groups excluding carboxylic acids is 3. The summed E-state index contributed by atoms with van der Waals surface area (Å²) in [4.78, 5) is 33.4. The average molecular weight is 363 g/mol. The van der Waals surface area contributed by atoms with Crippen LogP contribution in [0.1, 0.15) is 73.4 Å². The van der Waals surface area contributed by atoms with Crippen molar-refractivity contribution in [2.75, 3.05) is 0 Å². The molecule has 138 valence electrons. The molecule has 5 nitrogen and oxygen atoms in total. The van der Waals surface area contributed by atoms with Gasteiger partial charge < -0.3 is 5.21 Å². The van der Waals surface area contributed by atoms with Gasteiger partial charge in [0.1, 0.15) is 6.29 Å². The van der Waals surface area contributed by atoms with E-state index in [0.29, 0.717) is 18.4 Å². The van der Waals surface area contributed by atoms with Crippen molar-refractivity contribution in [3.8, 4) is 0 Å². The van der Waals surface area contributed by atoms with E-state index in [1.54, 1.807) is 18.2 Å². The van der Waals surface area contributed by atoms with Crippen LogP contribution in [0.3, 0.4) is 0 Å². The molecule has 2 aromatic rings. The highest BCUT2D eigenvalue weighted by atomic mass is 16.4. The van der Waals surface area contributed by atoms with Crippen LogP contribution < -0.4 is 0 Å². The van der Waals surface area contributed by atoms with E-state index in [2.05, 4.69) is 5.16 Å². The van der Waals surface area contributed by atoms with Crippen LogP contribution in [0.5, 0.6) is 0 Å². The maximum absolute atomic E-state index is 11.5. The van der Waals surface area contributed by atoms with Gasteiger partial charge in [0.25, 0.3) is 0 Å². The van der Waals surface area contributed by atoms with Crippen LogP contribution in [0.25, 0.3) is 0 Å². The first-order valence-corrected chi connectivity index (χ1v) is 9.07. The van der Waals surface area contributed by atoms with Crippen LogP contribution in [0.4, 0.5) is 0 Å². The molecule has 0 heterocycles. The van der Waals surface area contributed by atoms with Crippen LogP contribution in [-0.4, -0.2) is 29.3 Å². The molecule has 1 N–H and O–H groups in total. The van der Waals surface area contributed by atoms with Crippen molar-refractivity contribution in [3.63, 3.8) is 0 Å². The Labute approximate surface area is 157 Å². The number of benzene rings is 2. The topological polar surface area (TPSA) is 83.8 Å². The molecule has 0 aromatic heterocycles. The standard InChI is InChI=1S/C11H11NO2.C11H10O2/c13-11-3-1-2-9-6-8(7-12-14)4-5-10(9)11;12-7-8-4-5-10-9(6-8)2-1-3-11(10)13/h4-7,14H,1-3H2;4-7H,1-3H2/b12-7+;. The Morgan fingerprint density at radius 1 is 0.778 bits per heavy atom. The quantitative estimate of drug-likeness (QED) is 0.378. The van der Waals surface area contributed by atoms with Crippen LogP contribution in [-0.2, 0) is 12.8 Å². The summed E-state index contributed by atoms with van der Waals surface area (Å²) in [5.41, 5.74) is 5.22. The number of ketones is 2. The van der Waals surface area contributed by atoms with Crippen molar-refractivity contribution in [1.29, 1.82) is 0 Å². The number of carbonyl (C=O) groups is 3. The Bertz CT molecular complexity index is 915. The first-order chi connectivity index (χ1) is 13.1. The number of oxime groups is 1. The molecule has 5 heteroatoms. The molecule has 0 amide bonds. The molecule has 0 saturated carbocycles. The van der Waals surface area contributed by atoms with E-state index in [4.69, 9.17) is 5.21 Å². The highest BCUT2D eigenvalue weighted by Gasteiger charge is 2.17. The minimum atomic E-state index is 0.207. The minimum Gasteiger partial charge on any atom is -0.411 e. The molecule has 0 bridgehead atoms. The van der Waals surface area contributed by atoms with Crippen LogP contribution in [0.2, 0.25) is 0 Å². The zero-order valence-electron chi connectivity index (χ0n) is 15.0. The fourth-order valence-electron chi connectivity index (χ4n) is 3.55. The third-order valence-electron chi connectivity index (χ3n) is 4.90. The van der Waals surface area contributed by atoms with E-state index >= 15 is 0 Å². The fourth-order valence-corrected chi connectivity index (χ4v) is 3.55. The zero-order valence-corrected chi connectivity index (χ0v) is 15.0. The first-order valence-electron chi connectivity index (χ1n) is 9.07. The van der Waals surface area contributed by atoms with Crippen molar-refractivity contribution >= 4 is 24.1 Å². The second-order valence-electron chi connectivity index (χ2n) is 6.75. The largest absolute Gasteiger partial charge is 0.411 e. The lowest BCUT2D eigenvalue weighted by Crippen LogP contribution is -2.10. The molecule has 0 aliphatic heterocycles. The molecule has 0 unspecified atom stereocenters. The highest BCUT2D eigenvalue weighted by molar-refractivity contribution is 5.99. The molecule has 0 spiro atoms. The van der Waals surface area contributed by atoms with Gasteiger partial charge in [-0.15, -0.1) is 0 Å². The molecule has 2 aliphatic rings. The Morgan fingerprint density at radius 2 is 1.30 bits per heavy atom. The SMILES string of the molecule is O=C1CCCc2cc(/C=N/O)ccc21.O=Cc1ccc2c(c1)CCCC2=O. The number of rotatable bonds is 2. The van der Waals surface area contributed by atoms with Gasteiger partial charge in [0.05, 0.1) is 6.21 Å². The smallest absolute Gasteiger partial charge is 0.163 e. The number of aryl methyl sites for hydroxylation is 2. The molecule has 2 aromatic carbocycles. The summed E-state index contributed by atoms with van der Waals surface area (Å²) < 4.78 is 0. The molecule has 4 rings (SSSR count). The van der Waals surface area contributed by atoms with E-state index in [0.717, 1.165) is 59.8 Å². The highest BCUT2D eigenvalue weighted by Crippen LogP contribution is 2.22. The molecule has 0 fully saturated rings. The predicted molar refractivity (Wildman–Crippen MR) is 102 cm³/mol. The summed E-state index contributed by atoms with van der Waals surface area (Å²) in [6, 6.07) is 10.8. The zero-order chi connectivity index (χ0) is 19.2. The summed E-state index contributed by atoms with van der Waals surface area (Å²) in [6.07, 6.45) is 7.18. The lowest BCUT2D eigenvalue weighted by molar-refractivity contribution is 0.0964. The lowest BCUT2D eigenvalue weighted by Gasteiger charge is -2.14. The van der Waals surface area contributed by atoms with E-state index < -0.39 is 0 Å². The van der Waals surface area contributed by atoms with Crippen LogP contribution in [0, 0.1) is 0 Å². The summed E-state index contributed by atoms with van der Waals surface area (Å²) in [6.45, 7) is 0.